The number of halogens is 2. The number of amides is 2. The maximum atomic E-state index is 13.8. The minimum Gasteiger partial charge on any atom is -0.463 e. The first-order chi connectivity index (χ1) is 15.4. The summed E-state index contributed by atoms with van der Waals surface area (Å²) < 4.78 is 27.2. The van der Waals surface area contributed by atoms with E-state index in [2.05, 4.69) is 10.4 Å². The summed E-state index contributed by atoms with van der Waals surface area (Å²) in [5.74, 6) is -2.94. The largest absolute Gasteiger partial charge is 0.463 e. The molecule has 4 N–H and O–H groups in total. The van der Waals surface area contributed by atoms with Crippen molar-refractivity contribution < 1.29 is 23.5 Å². The Labute approximate surface area is 180 Å². The number of nitrogens with zero attached hydrogens (tertiary/aromatic N) is 2. The molecule has 3 aromatic carbocycles. The molecule has 2 amide bonds. The molecule has 0 aliphatic carbocycles. The number of carboxylic acid groups (broad SMARTS) is 1. The quantitative estimate of drug-likeness (QED) is 0.409. The molecule has 0 aliphatic heterocycles. The Morgan fingerprint density at radius 1 is 0.938 bits per heavy atom. The summed E-state index contributed by atoms with van der Waals surface area (Å²) in [4.78, 5) is 29.4. The molecule has 0 atom stereocenters. The van der Waals surface area contributed by atoms with E-state index in [9.17, 15) is 23.5 Å². The molecule has 160 valence electrons. The second kappa shape index (κ2) is 8.31. The summed E-state index contributed by atoms with van der Waals surface area (Å²) in [5, 5.41) is 10.6. The number of carbonyl (C=O) groups excluding carboxylic acids is 1. The number of nitrogens with one attached hydrogen (secondary N) is 1. The zero-order valence-electron chi connectivity index (χ0n) is 16.4. The van der Waals surface area contributed by atoms with Crippen LogP contribution < -0.4 is 16.2 Å². The topological polar surface area (TPSA) is 109 Å². The number of para-hydroxylation sites is 2. The van der Waals surface area contributed by atoms with Crippen LogP contribution in [0, 0.1) is 11.6 Å². The van der Waals surface area contributed by atoms with Crippen LogP contribution in [0.2, 0.25) is 0 Å². The van der Waals surface area contributed by atoms with Crippen LogP contribution in [0.1, 0.15) is 10.4 Å². The number of aromatic nitrogens is 1. The van der Waals surface area contributed by atoms with E-state index < -0.39 is 23.6 Å². The van der Waals surface area contributed by atoms with Gasteiger partial charge in [0.25, 0.3) is 5.91 Å². The standard InChI is InChI=1S/C23H16F2N4O3/c24-16-11-10-13(12-17(16)25)21-20(26)19(15-8-4-5-9-18(15)27-21)22(30)28-29(23(31)32)14-6-2-1-3-7-14/h1-12H,26H2,(H,28,30)(H,31,32). The third kappa shape index (κ3) is 3.79. The molecule has 0 unspecified atom stereocenters. The summed E-state index contributed by atoms with van der Waals surface area (Å²) in [7, 11) is 0. The van der Waals surface area contributed by atoms with Crippen molar-refractivity contribution >= 4 is 34.3 Å². The van der Waals surface area contributed by atoms with Crippen LogP contribution in [0.25, 0.3) is 22.2 Å². The van der Waals surface area contributed by atoms with Gasteiger partial charge in [0.05, 0.1) is 28.1 Å². The Morgan fingerprint density at radius 2 is 1.62 bits per heavy atom. The van der Waals surface area contributed by atoms with Crippen molar-refractivity contribution in [2.24, 2.45) is 0 Å². The second-order valence-electron chi connectivity index (χ2n) is 6.79. The van der Waals surface area contributed by atoms with Gasteiger partial charge in [0.1, 0.15) is 0 Å². The van der Waals surface area contributed by atoms with E-state index >= 15 is 0 Å². The molecule has 32 heavy (non-hydrogen) atoms. The van der Waals surface area contributed by atoms with Crippen LogP contribution in [0.5, 0.6) is 0 Å². The number of nitrogens with two attached hydrogens (primary N) is 1. The first kappa shape index (κ1) is 20.7. The minimum absolute atomic E-state index is 0.0440. The summed E-state index contributed by atoms with van der Waals surface area (Å²) in [6.07, 6.45) is -1.41. The van der Waals surface area contributed by atoms with Gasteiger partial charge in [-0.1, -0.05) is 36.4 Å². The van der Waals surface area contributed by atoms with Crippen molar-refractivity contribution in [2.45, 2.75) is 0 Å². The normalized spacial score (nSPS) is 10.7. The monoisotopic (exact) mass is 434 g/mol. The number of pyridine rings is 1. The number of carbonyl (C=O) groups is 2. The molecule has 4 rings (SSSR count). The number of nitrogen functional groups attached to an aromatic ring is 1. The van der Waals surface area contributed by atoms with Crippen LogP contribution in [0.4, 0.5) is 25.0 Å². The number of hydrogen-bond acceptors (Lipinski definition) is 4. The third-order valence-corrected chi connectivity index (χ3v) is 4.77. The molecule has 7 nitrogen and oxygen atoms in total. The lowest BCUT2D eigenvalue weighted by molar-refractivity contribution is 0.0946. The highest BCUT2D eigenvalue weighted by Crippen LogP contribution is 2.33. The fraction of sp³-hybridized carbons (Fsp3) is 0. The van der Waals surface area contributed by atoms with Gasteiger partial charge in [-0.05, 0) is 36.4 Å². The van der Waals surface area contributed by atoms with Crippen molar-refractivity contribution in [1.29, 1.82) is 0 Å². The van der Waals surface area contributed by atoms with Crippen LogP contribution in [-0.4, -0.2) is 22.1 Å². The molecule has 0 saturated heterocycles. The van der Waals surface area contributed by atoms with Crippen molar-refractivity contribution in [1.82, 2.24) is 10.4 Å². The maximum absolute atomic E-state index is 13.8. The Hall–Kier alpha value is -4.53. The number of benzene rings is 3. The maximum Gasteiger partial charge on any atom is 0.431 e. The highest BCUT2D eigenvalue weighted by Gasteiger charge is 2.24. The third-order valence-electron chi connectivity index (χ3n) is 4.77. The van der Waals surface area contributed by atoms with Crippen molar-refractivity contribution in [2.75, 3.05) is 10.7 Å². The summed E-state index contributed by atoms with van der Waals surface area (Å²) in [6, 6.07) is 17.7. The van der Waals surface area contributed by atoms with E-state index in [0.717, 1.165) is 12.1 Å². The molecule has 0 radical (unpaired) electrons. The van der Waals surface area contributed by atoms with Gasteiger partial charge in [0.15, 0.2) is 11.6 Å². The zero-order valence-corrected chi connectivity index (χ0v) is 16.4. The number of rotatable bonds is 3. The average Bonchev–Trinajstić information content (AvgIpc) is 2.79. The molecular weight excluding hydrogens is 418 g/mol. The molecule has 0 bridgehead atoms. The van der Waals surface area contributed by atoms with Crippen LogP contribution in [-0.2, 0) is 0 Å². The van der Waals surface area contributed by atoms with Crippen molar-refractivity contribution in [3.05, 3.63) is 90.0 Å². The Balaban J connectivity index is 1.85. The molecule has 0 fully saturated rings. The zero-order chi connectivity index (χ0) is 22.8. The van der Waals surface area contributed by atoms with E-state index in [4.69, 9.17) is 5.73 Å². The average molecular weight is 434 g/mol. The highest BCUT2D eigenvalue weighted by atomic mass is 19.2. The Morgan fingerprint density at radius 3 is 2.31 bits per heavy atom. The first-order valence-corrected chi connectivity index (χ1v) is 9.39. The van der Waals surface area contributed by atoms with Crippen LogP contribution in [0.3, 0.4) is 0 Å². The van der Waals surface area contributed by atoms with Gasteiger partial charge in [-0.15, -0.1) is 0 Å². The highest BCUT2D eigenvalue weighted by molar-refractivity contribution is 6.14. The number of hydrogen-bond donors (Lipinski definition) is 3. The molecule has 9 heteroatoms. The summed E-state index contributed by atoms with van der Waals surface area (Å²) >= 11 is 0. The fourth-order valence-corrected chi connectivity index (χ4v) is 3.29. The van der Waals surface area contributed by atoms with E-state index in [0.29, 0.717) is 15.9 Å². The van der Waals surface area contributed by atoms with Crippen LogP contribution in [0.15, 0.2) is 72.8 Å². The second-order valence-corrected chi connectivity index (χ2v) is 6.79. The lowest BCUT2D eigenvalue weighted by atomic mass is 10.0. The minimum atomic E-state index is -1.41. The van der Waals surface area contributed by atoms with Gasteiger partial charge in [0, 0.05) is 10.9 Å². The van der Waals surface area contributed by atoms with Crippen molar-refractivity contribution in [3.63, 3.8) is 0 Å². The summed E-state index contributed by atoms with van der Waals surface area (Å²) in [6.45, 7) is 0. The van der Waals surface area contributed by atoms with Gasteiger partial charge in [-0.3, -0.25) is 10.2 Å². The Kier molecular flexibility index (Phi) is 5.38. The number of fused-ring (bicyclic) bond motifs is 1. The van der Waals surface area contributed by atoms with Crippen molar-refractivity contribution in [3.8, 4) is 11.3 Å². The van der Waals surface area contributed by atoms with Crippen LogP contribution >= 0.6 is 0 Å². The van der Waals surface area contributed by atoms with Gasteiger partial charge >= 0.3 is 6.09 Å². The van der Waals surface area contributed by atoms with E-state index in [-0.39, 0.29) is 28.2 Å². The Bertz CT molecular complexity index is 1350. The molecular formula is C23H16F2N4O3. The lowest BCUT2D eigenvalue weighted by Gasteiger charge is -2.21. The van der Waals surface area contributed by atoms with Gasteiger partial charge < -0.3 is 10.8 Å². The van der Waals surface area contributed by atoms with E-state index in [1.807, 2.05) is 0 Å². The molecule has 0 spiro atoms. The molecule has 0 saturated carbocycles. The van der Waals surface area contributed by atoms with Gasteiger partial charge in [-0.25, -0.2) is 18.6 Å². The van der Waals surface area contributed by atoms with Gasteiger partial charge in [0.2, 0.25) is 0 Å². The molecule has 4 aromatic rings. The number of anilines is 2. The fourth-order valence-electron chi connectivity index (χ4n) is 3.29. The SMILES string of the molecule is Nc1c(-c2ccc(F)c(F)c2)nc2ccccc2c1C(=O)NN(C(=O)O)c1ccccc1. The smallest absolute Gasteiger partial charge is 0.431 e. The molecule has 1 aromatic heterocycles. The molecule has 0 aliphatic rings. The molecule has 1 heterocycles. The predicted molar refractivity (Wildman–Crippen MR) is 116 cm³/mol. The summed E-state index contributed by atoms with van der Waals surface area (Å²) in [5.41, 5.74) is 9.25. The van der Waals surface area contributed by atoms with E-state index in [1.54, 1.807) is 42.5 Å². The first-order valence-electron chi connectivity index (χ1n) is 9.39. The van der Waals surface area contributed by atoms with E-state index in [1.165, 1.54) is 18.2 Å². The van der Waals surface area contributed by atoms with Gasteiger partial charge in [-0.2, -0.15) is 5.01 Å². The predicted octanol–water partition coefficient (Wildman–Crippen LogP) is 4.59. The number of hydrazine groups is 1. The lowest BCUT2D eigenvalue weighted by Crippen LogP contribution is -2.46.